The molecule has 0 saturated carbocycles. The molecular weight excluding hydrogens is 172 g/mol. The first-order valence-electron chi connectivity index (χ1n) is 1.30. The topological polar surface area (TPSA) is 41.6 Å². The Labute approximate surface area is 65.5 Å². The van der Waals surface area contributed by atoms with Gasteiger partial charge in [0.2, 0.25) is 0 Å². The number of hydrogen-bond donors (Lipinski definition) is 1. The lowest BCUT2D eigenvalue weighted by Gasteiger charge is -1.48. The van der Waals surface area contributed by atoms with E-state index in [-0.39, 0.29) is 37.2 Å². The maximum absolute atomic E-state index is 3.49. The Kier molecular flexibility index (Phi) is 19.8. The second-order valence-corrected chi connectivity index (χ2v) is 0.656. The average Bonchev–Trinajstić information content (AvgIpc) is 1.76. The summed E-state index contributed by atoms with van der Waals surface area (Å²) in [5.74, 6) is 0. The number of aromatic amines is 1. The van der Waals surface area contributed by atoms with Crippen molar-refractivity contribution in [1.82, 2.24) is 15.4 Å². The van der Waals surface area contributed by atoms with Gasteiger partial charge in [-0.2, -0.15) is 15.4 Å². The first kappa shape index (κ1) is 15.7. The van der Waals surface area contributed by atoms with E-state index in [1.54, 1.807) is 12.4 Å². The van der Waals surface area contributed by atoms with Crippen molar-refractivity contribution >= 4 is 37.2 Å². The molecule has 1 N–H and O–H groups in total. The molecule has 0 aliphatic carbocycles. The summed E-state index contributed by atoms with van der Waals surface area (Å²) >= 11 is 0. The van der Waals surface area contributed by atoms with Crippen molar-refractivity contribution in [3.63, 3.8) is 0 Å². The molecule has 0 aliphatic rings. The Morgan fingerprint density at radius 1 is 0.875 bits per heavy atom. The standard InChI is InChI=1S/C2H3N3.3ClH/c1-2-4-5-3-1;;;/h1-2H,(H,3,4,5);3*1H. The zero-order valence-electron chi connectivity index (χ0n) is 3.77. The minimum absolute atomic E-state index is 0. The number of rotatable bonds is 0. The molecule has 0 amide bonds. The summed E-state index contributed by atoms with van der Waals surface area (Å²) in [6.45, 7) is 0. The first-order valence-corrected chi connectivity index (χ1v) is 1.30. The highest BCUT2D eigenvalue weighted by atomic mass is 35.5. The van der Waals surface area contributed by atoms with Gasteiger partial charge in [0.1, 0.15) is 0 Å². The monoisotopic (exact) mass is 177 g/mol. The van der Waals surface area contributed by atoms with Crippen molar-refractivity contribution in [2.24, 2.45) is 0 Å². The third-order valence-corrected chi connectivity index (χ3v) is 0.331. The van der Waals surface area contributed by atoms with Gasteiger partial charge in [0.25, 0.3) is 0 Å². The van der Waals surface area contributed by atoms with Crippen LogP contribution in [0.3, 0.4) is 0 Å². The van der Waals surface area contributed by atoms with E-state index >= 15 is 0 Å². The lowest BCUT2D eigenvalue weighted by molar-refractivity contribution is 0.940. The molecule has 1 aromatic rings. The van der Waals surface area contributed by atoms with E-state index in [2.05, 4.69) is 15.4 Å². The molecule has 3 nitrogen and oxygen atoms in total. The molecule has 0 bridgehead atoms. The SMILES string of the molecule is Cl.Cl.Cl.c1cn[nH]n1. The van der Waals surface area contributed by atoms with Crippen molar-refractivity contribution in [3.8, 4) is 0 Å². The summed E-state index contributed by atoms with van der Waals surface area (Å²) in [7, 11) is 0. The maximum atomic E-state index is 3.49. The van der Waals surface area contributed by atoms with Gasteiger partial charge in [0.05, 0.1) is 12.4 Å². The van der Waals surface area contributed by atoms with Crippen molar-refractivity contribution in [2.75, 3.05) is 0 Å². The largest absolute Gasteiger partial charge is 0.198 e. The Morgan fingerprint density at radius 2 is 1.25 bits per heavy atom. The van der Waals surface area contributed by atoms with Gasteiger partial charge in [-0.05, 0) is 0 Å². The molecule has 0 atom stereocenters. The number of halogens is 3. The Hall–Kier alpha value is 0.01000. The van der Waals surface area contributed by atoms with E-state index in [0.29, 0.717) is 0 Å². The molecular formula is C2H6Cl3N3. The van der Waals surface area contributed by atoms with Crippen LogP contribution in [0.15, 0.2) is 12.4 Å². The first-order chi connectivity index (χ1) is 2.50. The predicted molar refractivity (Wildman–Crippen MR) is 38.1 cm³/mol. The lowest BCUT2D eigenvalue weighted by Crippen LogP contribution is -1.61. The van der Waals surface area contributed by atoms with Crippen LogP contribution in [0.2, 0.25) is 0 Å². The number of H-pyrrole nitrogens is 1. The van der Waals surface area contributed by atoms with Crippen molar-refractivity contribution < 1.29 is 0 Å². The molecule has 0 fully saturated rings. The summed E-state index contributed by atoms with van der Waals surface area (Å²) < 4.78 is 0. The normalized spacial score (nSPS) is 5.00. The second kappa shape index (κ2) is 10.1. The number of nitrogens with one attached hydrogen (secondary N) is 1. The average molecular weight is 178 g/mol. The molecule has 0 aliphatic heterocycles. The van der Waals surface area contributed by atoms with Gasteiger partial charge >= 0.3 is 0 Å². The quantitative estimate of drug-likeness (QED) is 0.646. The van der Waals surface area contributed by atoms with Crippen LogP contribution in [-0.2, 0) is 0 Å². The van der Waals surface area contributed by atoms with Gasteiger partial charge in [-0.1, -0.05) is 0 Å². The van der Waals surface area contributed by atoms with Crippen LogP contribution in [0.4, 0.5) is 0 Å². The molecule has 0 spiro atoms. The molecule has 0 aromatic carbocycles. The fourth-order valence-corrected chi connectivity index (χ4v) is 0.167. The van der Waals surface area contributed by atoms with Gasteiger partial charge in [-0.15, -0.1) is 37.2 Å². The van der Waals surface area contributed by atoms with Crippen LogP contribution < -0.4 is 0 Å². The smallest absolute Gasteiger partial charge is 0.0690 e. The molecule has 0 unspecified atom stereocenters. The van der Waals surface area contributed by atoms with Crippen molar-refractivity contribution in [2.45, 2.75) is 0 Å². The summed E-state index contributed by atoms with van der Waals surface area (Å²) in [5.41, 5.74) is 0. The van der Waals surface area contributed by atoms with Crippen LogP contribution in [0.25, 0.3) is 0 Å². The number of aromatic nitrogens is 3. The molecule has 1 rings (SSSR count). The summed E-state index contributed by atoms with van der Waals surface area (Å²) in [4.78, 5) is 0. The third-order valence-electron chi connectivity index (χ3n) is 0.331. The van der Waals surface area contributed by atoms with E-state index < -0.39 is 0 Å². The lowest BCUT2D eigenvalue weighted by atomic mass is 11.0. The number of nitrogens with zero attached hydrogens (tertiary/aromatic N) is 2. The second-order valence-electron chi connectivity index (χ2n) is 0.656. The highest BCUT2D eigenvalue weighted by Gasteiger charge is 1.57. The highest BCUT2D eigenvalue weighted by molar-refractivity contribution is 5.86. The summed E-state index contributed by atoms with van der Waals surface area (Å²) in [5, 5.41) is 9.33. The zero-order chi connectivity index (χ0) is 3.54. The Morgan fingerprint density at radius 3 is 1.38 bits per heavy atom. The van der Waals surface area contributed by atoms with Gasteiger partial charge in [-0.25, -0.2) is 0 Å². The van der Waals surface area contributed by atoms with Gasteiger partial charge < -0.3 is 0 Å². The van der Waals surface area contributed by atoms with E-state index in [0.717, 1.165) is 0 Å². The number of hydrogen-bond acceptors (Lipinski definition) is 2. The van der Waals surface area contributed by atoms with Gasteiger partial charge in [-0.3, -0.25) is 0 Å². The van der Waals surface area contributed by atoms with Crippen molar-refractivity contribution in [3.05, 3.63) is 12.4 Å². The van der Waals surface area contributed by atoms with Gasteiger partial charge in [0, 0.05) is 0 Å². The van der Waals surface area contributed by atoms with Crippen LogP contribution in [0.5, 0.6) is 0 Å². The predicted octanol–water partition coefficient (Wildman–Crippen LogP) is 1.07. The van der Waals surface area contributed by atoms with E-state index in [9.17, 15) is 0 Å². The van der Waals surface area contributed by atoms with E-state index in [1.807, 2.05) is 0 Å². The highest BCUT2D eigenvalue weighted by Crippen LogP contribution is 1.55. The van der Waals surface area contributed by atoms with Gasteiger partial charge in [0.15, 0.2) is 0 Å². The fraction of sp³-hybridized carbons (Fsp3) is 0. The molecule has 8 heavy (non-hydrogen) atoms. The minimum Gasteiger partial charge on any atom is -0.198 e. The fourth-order valence-electron chi connectivity index (χ4n) is 0.167. The minimum atomic E-state index is 0. The Balaban J connectivity index is -0.0000000833. The Bertz CT molecular complexity index is 69.0. The van der Waals surface area contributed by atoms with Crippen molar-refractivity contribution in [1.29, 1.82) is 0 Å². The molecule has 0 saturated heterocycles. The van der Waals surface area contributed by atoms with Crippen LogP contribution in [0, 0.1) is 0 Å². The molecule has 1 heterocycles. The van der Waals surface area contributed by atoms with Crippen LogP contribution in [-0.4, -0.2) is 15.4 Å². The van der Waals surface area contributed by atoms with Crippen LogP contribution >= 0.6 is 37.2 Å². The molecule has 6 heteroatoms. The maximum Gasteiger partial charge on any atom is 0.0690 e. The third kappa shape index (κ3) is 6.01. The van der Waals surface area contributed by atoms with E-state index in [4.69, 9.17) is 0 Å². The summed E-state index contributed by atoms with van der Waals surface area (Å²) in [6.07, 6.45) is 3.17. The molecule has 0 radical (unpaired) electrons. The molecule has 50 valence electrons. The van der Waals surface area contributed by atoms with Crippen LogP contribution in [0.1, 0.15) is 0 Å². The van der Waals surface area contributed by atoms with E-state index in [1.165, 1.54) is 0 Å². The molecule has 1 aromatic heterocycles. The summed E-state index contributed by atoms with van der Waals surface area (Å²) in [6, 6.07) is 0. The zero-order valence-corrected chi connectivity index (χ0v) is 6.22.